The van der Waals surface area contributed by atoms with Crippen LogP contribution in [0, 0.1) is 18.8 Å². The Labute approximate surface area is 187 Å². The van der Waals surface area contributed by atoms with Crippen molar-refractivity contribution in [1.82, 2.24) is 29.5 Å². The van der Waals surface area contributed by atoms with E-state index in [1.54, 1.807) is 18.5 Å². The van der Waals surface area contributed by atoms with Crippen molar-refractivity contribution in [2.75, 3.05) is 13.7 Å². The van der Waals surface area contributed by atoms with Gasteiger partial charge in [-0.1, -0.05) is 0 Å². The fraction of sp³-hybridized carbons (Fsp3) is 0.571. The summed E-state index contributed by atoms with van der Waals surface area (Å²) in [7, 11) is 1.47. The summed E-state index contributed by atoms with van der Waals surface area (Å²) in [5, 5.41) is 8.71. The Morgan fingerprint density at radius 2 is 1.94 bits per heavy atom. The molecule has 3 aromatic rings. The van der Waals surface area contributed by atoms with Gasteiger partial charge in [0.15, 0.2) is 0 Å². The van der Waals surface area contributed by atoms with Crippen molar-refractivity contribution in [1.29, 1.82) is 0 Å². The molecule has 0 atom stereocenters. The number of halogens is 3. The number of ether oxygens (including phenoxy) is 2. The molecule has 178 valence electrons. The first kappa shape index (κ1) is 23.0. The monoisotopic (exact) mass is 466 g/mol. The van der Waals surface area contributed by atoms with Gasteiger partial charge in [-0.25, -0.2) is 14.5 Å². The normalized spacial score (nSPS) is 19.1. The van der Waals surface area contributed by atoms with Crippen LogP contribution in [0.25, 0.3) is 17.0 Å². The van der Waals surface area contributed by atoms with Crippen LogP contribution in [0.5, 0.6) is 5.88 Å². The van der Waals surface area contributed by atoms with Crippen molar-refractivity contribution >= 4 is 17.0 Å². The SMILES string of the molecule is CCOC(=O)c1cnn(-c2nc(OC)c3c(n2)c(C)nn3CC2CCC(C(F)(F)F)CC2)c1. The largest absolute Gasteiger partial charge is 0.479 e. The van der Waals surface area contributed by atoms with Gasteiger partial charge in [-0.15, -0.1) is 0 Å². The van der Waals surface area contributed by atoms with Crippen molar-refractivity contribution in [3.63, 3.8) is 0 Å². The molecule has 1 saturated carbocycles. The molecule has 4 rings (SSSR count). The van der Waals surface area contributed by atoms with Gasteiger partial charge >= 0.3 is 12.1 Å². The number of methoxy groups -OCH3 is 1. The summed E-state index contributed by atoms with van der Waals surface area (Å²) in [4.78, 5) is 20.9. The van der Waals surface area contributed by atoms with Gasteiger partial charge in [-0.05, 0) is 45.4 Å². The minimum atomic E-state index is -4.13. The number of alkyl halides is 3. The summed E-state index contributed by atoms with van der Waals surface area (Å²) in [5.74, 6) is -1.18. The second-order valence-electron chi connectivity index (χ2n) is 8.15. The average Bonchev–Trinajstić information content (AvgIpc) is 3.39. The molecule has 3 heterocycles. The molecule has 1 fully saturated rings. The van der Waals surface area contributed by atoms with Crippen LogP contribution < -0.4 is 4.74 Å². The summed E-state index contributed by atoms with van der Waals surface area (Å²) in [5.41, 5.74) is 2.03. The van der Waals surface area contributed by atoms with Gasteiger partial charge < -0.3 is 9.47 Å². The zero-order valence-corrected chi connectivity index (χ0v) is 18.6. The fourth-order valence-electron chi connectivity index (χ4n) is 4.23. The molecule has 0 saturated heterocycles. The van der Waals surface area contributed by atoms with Gasteiger partial charge in [0, 0.05) is 12.7 Å². The standard InChI is InChI=1S/C21H25F3N6O3/c1-4-33-19(31)14-9-25-30(11-14)20-26-16-12(2)28-29(17(16)18(27-20)32-3)10-13-5-7-15(8-6-13)21(22,23)24/h9,11,13,15H,4-8,10H2,1-3H3. The highest BCUT2D eigenvalue weighted by atomic mass is 19.4. The maximum Gasteiger partial charge on any atom is 0.391 e. The van der Waals surface area contributed by atoms with Crippen LogP contribution in [0.2, 0.25) is 0 Å². The number of esters is 1. The number of aryl methyl sites for hydroxylation is 1. The lowest BCUT2D eigenvalue weighted by Crippen LogP contribution is -2.29. The quantitative estimate of drug-likeness (QED) is 0.509. The van der Waals surface area contributed by atoms with E-state index >= 15 is 0 Å². The number of hydrogen-bond donors (Lipinski definition) is 0. The summed E-state index contributed by atoms with van der Waals surface area (Å²) in [6.45, 7) is 4.22. The van der Waals surface area contributed by atoms with E-state index in [9.17, 15) is 18.0 Å². The first-order valence-electron chi connectivity index (χ1n) is 10.8. The van der Waals surface area contributed by atoms with Crippen molar-refractivity contribution in [3.8, 4) is 11.8 Å². The Bertz CT molecular complexity index is 1150. The van der Waals surface area contributed by atoms with E-state index in [0.29, 0.717) is 36.1 Å². The number of aromatic nitrogens is 6. The van der Waals surface area contributed by atoms with Crippen LogP contribution in [-0.4, -0.2) is 55.4 Å². The molecule has 0 unspecified atom stereocenters. The molecule has 1 aliphatic rings. The summed E-state index contributed by atoms with van der Waals surface area (Å²) >= 11 is 0. The van der Waals surface area contributed by atoms with E-state index in [0.717, 1.165) is 0 Å². The van der Waals surface area contributed by atoms with Gasteiger partial charge in [0.05, 0.1) is 37.1 Å². The predicted molar refractivity (Wildman–Crippen MR) is 111 cm³/mol. The number of hydrogen-bond acceptors (Lipinski definition) is 7. The third kappa shape index (κ3) is 4.64. The summed E-state index contributed by atoms with van der Waals surface area (Å²) in [6.07, 6.45) is -0.0694. The van der Waals surface area contributed by atoms with Crippen LogP contribution in [0.1, 0.15) is 48.7 Å². The highest BCUT2D eigenvalue weighted by Crippen LogP contribution is 2.40. The molecule has 0 aliphatic heterocycles. The highest BCUT2D eigenvalue weighted by Gasteiger charge is 2.41. The molecule has 12 heteroatoms. The number of carbonyl (C=O) groups excluding carboxylic acids is 1. The lowest BCUT2D eigenvalue weighted by Gasteiger charge is -2.29. The molecule has 1 aliphatic carbocycles. The lowest BCUT2D eigenvalue weighted by atomic mass is 9.81. The van der Waals surface area contributed by atoms with Gasteiger partial charge in [-0.3, -0.25) is 4.68 Å². The van der Waals surface area contributed by atoms with Crippen LogP contribution in [0.3, 0.4) is 0 Å². The minimum absolute atomic E-state index is 0.0775. The second kappa shape index (κ2) is 8.99. The fourth-order valence-corrected chi connectivity index (χ4v) is 4.23. The van der Waals surface area contributed by atoms with E-state index in [2.05, 4.69) is 20.2 Å². The molecule has 0 aromatic carbocycles. The third-order valence-electron chi connectivity index (χ3n) is 5.94. The second-order valence-corrected chi connectivity index (χ2v) is 8.15. The Hall–Kier alpha value is -3.18. The molecule has 33 heavy (non-hydrogen) atoms. The van der Waals surface area contributed by atoms with Crippen LogP contribution in [0.4, 0.5) is 13.2 Å². The number of rotatable bonds is 6. The van der Waals surface area contributed by atoms with Crippen LogP contribution in [0.15, 0.2) is 12.4 Å². The van der Waals surface area contributed by atoms with Crippen molar-refractivity contribution in [3.05, 3.63) is 23.7 Å². The van der Waals surface area contributed by atoms with Gasteiger partial charge in [0.2, 0.25) is 5.88 Å². The Morgan fingerprint density at radius 3 is 2.58 bits per heavy atom. The van der Waals surface area contributed by atoms with Gasteiger partial charge in [-0.2, -0.15) is 28.4 Å². The molecular weight excluding hydrogens is 441 g/mol. The van der Waals surface area contributed by atoms with Crippen molar-refractivity contribution in [2.24, 2.45) is 11.8 Å². The van der Waals surface area contributed by atoms with E-state index in [1.165, 1.54) is 24.2 Å². The molecule has 0 amide bonds. The van der Waals surface area contributed by atoms with E-state index in [4.69, 9.17) is 9.47 Å². The van der Waals surface area contributed by atoms with Gasteiger partial charge in [0.1, 0.15) is 11.0 Å². The van der Waals surface area contributed by atoms with Crippen LogP contribution in [-0.2, 0) is 11.3 Å². The molecule has 0 radical (unpaired) electrons. The maximum atomic E-state index is 13.0. The van der Waals surface area contributed by atoms with Crippen LogP contribution >= 0.6 is 0 Å². The first-order chi connectivity index (χ1) is 15.7. The number of fused-ring (bicyclic) bond motifs is 1. The zero-order valence-electron chi connectivity index (χ0n) is 18.6. The Morgan fingerprint density at radius 1 is 1.21 bits per heavy atom. The molecule has 0 N–H and O–H groups in total. The average molecular weight is 466 g/mol. The number of carbonyl (C=O) groups is 1. The van der Waals surface area contributed by atoms with E-state index in [1.807, 2.05) is 0 Å². The highest BCUT2D eigenvalue weighted by molar-refractivity contribution is 5.89. The van der Waals surface area contributed by atoms with Crippen molar-refractivity contribution < 1.29 is 27.4 Å². The summed E-state index contributed by atoms with van der Waals surface area (Å²) in [6, 6.07) is 0. The van der Waals surface area contributed by atoms with E-state index < -0.39 is 18.1 Å². The minimum Gasteiger partial charge on any atom is -0.479 e. The Kier molecular flexibility index (Phi) is 6.26. The van der Waals surface area contributed by atoms with Crippen molar-refractivity contribution in [2.45, 2.75) is 52.3 Å². The Balaban J connectivity index is 1.61. The molecule has 9 nitrogen and oxygen atoms in total. The molecule has 3 aromatic heterocycles. The molecule has 0 spiro atoms. The number of nitrogens with zero attached hydrogens (tertiary/aromatic N) is 6. The lowest BCUT2D eigenvalue weighted by molar-refractivity contribution is -0.184. The molecule has 0 bridgehead atoms. The smallest absolute Gasteiger partial charge is 0.391 e. The molecular formula is C21H25F3N6O3. The third-order valence-corrected chi connectivity index (χ3v) is 5.94. The van der Waals surface area contributed by atoms with Gasteiger partial charge in [0.25, 0.3) is 5.95 Å². The predicted octanol–water partition coefficient (Wildman–Crippen LogP) is 3.87. The van der Waals surface area contributed by atoms with E-state index in [-0.39, 0.29) is 42.8 Å². The first-order valence-corrected chi connectivity index (χ1v) is 10.8. The maximum absolute atomic E-state index is 13.0. The topological polar surface area (TPSA) is 96.9 Å². The zero-order chi connectivity index (χ0) is 23.8. The summed E-state index contributed by atoms with van der Waals surface area (Å²) < 4.78 is 52.5.